The third kappa shape index (κ3) is 3.31. The number of likely N-dealkylation sites (N-methyl/N-ethyl adjacent to an activating group) is 1. The Bertz CT molecular complexity index is 485. The molecule has 20 heavy (non-hydrogen) atoms. The lowest BCUT2D eigenvalue weighted by Crippen LogP contribution is -2.47. The second-order valence-electron chi connectivity index (χ2n) is 5.94. The largest absolute Gasteiger partial charge is 0.487 e. The first-order valence-electron chi connectivity index (χ1n) is 7.24. The second kappa shape index (κ2) is 5.83. The third-order valence-electron chi connectivity index (χ3n) is 3.57. The van der Waals surface area contributed by atoms with Crippen molar-refractivity contribution in [2.75, 3.05) is 6.54 Å². The minimum atomic E-state index is -0.229. The number of nitrogens with one attached hydrogen (secondary N) is 2. The number of rotatable bonds is 4. The number of hydrogen-bond donors (Lipinski definition) is 2. The molecule has 0 saturated carbocycles. The number of para-hydroxylation sites is 1. The SMILES string of the molecule is CCNC(=O)C(C)NC1CC(C)(C)Oc2ccccc21. The van der Waals surface area contributed by atoms with Crippen LogP contribution >= 0.6 is 0 Å². The first-order chi connectivity index (χ1) is 9.43. The predicted molar refractivity (Wildman–Crippen MR) is 79.8 cm³/mol. The van der Waals surface area contributed by atoms with E-state index in [0.717, 1.165) is 17.7 Å². The number of hydrogen-bond acceptors (Lipinski definition) is 3. The average Bonchev–Trinajstić information content (AvgIpc) is 2.37. The fourth-order valence-corrected chi connectivity index (χ4v) is 2.66. The number of amides is 1. The molecular formula is C16H24N2O2. The van der Waals surface area contributed by atoms with E-state index >= 15 is 0 Å². The fraction of sp³-hybridized carbons (Fsp3) is 0.562. The molecule has 0 spiro atoms. The standard InChI is InChI=1S/C16H24N2O2/c1-5-17-15(19)11(2)18-13-10-16(3,4)20-14-9-7-6-8-12(13)14/h6-9,11,13,18H,5,10H2,1-4H3,(H,17,19). The molecule has 0 fully saturated rings. The molecule has 0 bridgehead atoms. The van der Waals surface area contributed by atoms with Gasteiger partial charge in [-0.15, -0.1) is 0 Å². The van der Waals surface area contributed by atoms with Gasteiger partial charge in [0.15, 0.2) is 0 Å². The van der Waals surface area contributed by atoms with Gasteiger partial charge in [0.05, 0.1) is 6.04 Å². The van der Waals surface area contributed by atoms with Crippen LogP contribution in [0.5, 0.6) is 5.75 Å². The first-order valence-corrected chi connectivity index (χ1v) is 7.24. The Labute approximate surface area is 120 Å². The van der Waals surface area contributed by atoms with E-state index in [-0.39, 0.29) is 23.6 Å². The Hall–Kier alpha value is -1.55. The molecule has 4 nitrogen and oxygen atoms in total. The molecule has 0 radical (unpaired) electrons. The van der Waals surface area contributed by atoms with Gasteiger partial charge in [-0.05, 0) is 33.8 Å². The molecular weight excluding hydrogens is 252 g/mol. The highest BCUT2D eigenvalue weighted by molar-refractivity contribution is 5.81. The van der Waals surface area contributed by atoms with Crippen LogP contribution in [-0.4, -0.2) is 24.1 Å². The number of carbonyl (C=O) groups excluding carboxylic acids is 1. The summed E-state index contributed by atoms with van der Waals surface area (Å²) in [7, 11) is 0. The maximum Gasteiger partial charge on any atom is 0.236 e. The molecule has 2 unspecified atom stereocenters. The van der Waals surface area contributed by atoms with Gasteiger partial charge in [0.2, 0.25) is 5.91 Å². The van der Waals surface area contributed by atoms with Crippen LogP contribution in [0.3, 0.4) is 0 Å². The Balaban J connectivity index is 2.17. The van der Waals surface area contributed by atoms with Gasteiger partial charge in [-0.3, -0.25) is 10.1 Å². The van der Waals surface area contributed by atoms with Crippen molar-refractivity contribution in [2.45, 2.75) is 51.8 Å². The number of fused-ring (bicyclic) bond motifs is 1. The highest BCUT2D eigenvalue weighted by Gasteiger charge is 2.34. The smallest absolute Gasteiger partial charge is 0.236 e. The van der Waals surface area contributed by atoms with Crippen LogP contribution in [0.2, 0.25) is 0 Å². The molecule has 0 aliphatic carbocycles. The summed E-state index contributed by atoms with van der Waals surface area (Å²) in [4.78, 5) is 11.9. The van der Waals surface area contributed by atoms with E-state index in [0.29, 0.717) is 6.54 Å². The van der Waals surface area contributed by atoms with Gasteiger partial charge in [0, 0.05) is 24.6 Å². The van der Waals surface area contributed by atoms with Gasteiger partial charge in [0.1, 0.15) is 11.4 Å². The Morgan fingerprint density at radius 2 is 2.15 bits per heavy atom. The van der Waals surface area contributed by atoms with Crippen molar-refractivity contribution in [3.05, 3.63) is 29.8 Å². The zero-order chi connectivity index (χ0) is 14.8. The zero-order valence-electron chi connectivity index (χ0n) is 12.7. The molecule has 2 atom stereocenters. The Kier molecular flexibility index (Phi) is 4.33. The van der Waals surface area contributed by atoms with Crippen LogP contribution in [0.4, 0.5) is 0 Å². The monoisotopic (exact) mass is 276 g/mol. The van der Waals surface area contributed by atoms with E-state index in [1.807, 2.05) is 32.0 Å². The molecule has 4 heteroatoms. The molecule has 1 aromatic rings. The van der Waals surface area contributed by atoms with Crippen LogP contribution in [0.15, 0.2) is 24.3 Å². The molecule has 1 heterocycles. The van der Waals surface area contributed by atoms with Gasteiger partial charge >= 0.3 is 0 Å². The highest BCUT2D eigenvalue weighted by Crippen LogP contribution is 2.39. The maximum absolute atomic E-state index is 11.9. The van der Waals surface area contributed by atoms with Crippen LogP contribution in [0.1, 0.15) is 45.7 Å². The number of carbonyl (C=O) groups is 1. The summed E-state index contributed by atoms with van der Waals surface area (Å²) in [5.41, 5.74) is 0.899. The molecule has 0 aromatic heterocycles. The van der Waals surface area contributed by atoms with Crippen molar-refractivity contribution in [3.8, 4) is 5.75 Å². The lowest BCUT2D eigenvalue weighted by molar-refractivity contribution is -0.123. The zero-order valence-corrected chi connectivity index (χ0v) is 12.7. The van der Waals surface area contributed by atoms with Crippen molar-refractivity contribution in [2.24, 2.45) is 0 Å². The van der Waals surface area contributed by atoms with Crippen molar-refractivity contribution in [1.29, 1.82) is 0 Å². The second-order valence-corrected chi connectivity index (χ2v) is 5.94. The third-order valence-corrected chi connectivity index (χ3v) is 3.57. The van der Waals surface area contributed by atoms with Crippen molar-refractivity contribution in [1.82, 2.24) is 10.6 Å². The van der Waals surface area contributed by atoms with Gasteiger partial charge in [-0.2, -0.15) is 0 Å². The summed E-state index contributed by atoms with van der Waals surface area (Å²) in [5.74, 6) is 0.943. The van der Waals surface area contributed by atoms with Crippen LogP contribution in [0, 0.1) is 0 Å². The summed E-state index contributed by atoms with van der Waals surface area (Å²) >= 11 is 0. The van der Waals surface area contributed by atoms with Crippen LogP contribution in [-0.2, 0) is 4.79 Å². The Morgan fingerprint density at radius 1 is 1.45 bits per heavy atom. The molecule has 2 rings (SSSR count). The van der Waals surface area contributed by atoms with E-state index < -0.39 is 0 Å². The summed E-state index contributed by atoms with van der Waals surface area (Å²) in [6.45, 7) is 8.64. The molecule has 1 amide bonds. The highest BCUT2D eigenvalue weighted by atomic mass is 16.5. The maximum atomic E-state index is 11.9. The average molecular weight is 276 g/mol. The summed E-state index contributed by atoms with van der Waals surface area (Å²) in [6, 6.07) is 7.94. The summed E-state index contributed by atoms with van der Waals surface area (Å²) < 4.78 is 6.00. The molecule has 1 aliphatic rings. The van der Waals surface area contributed by atoms with E-state index in [1.165, 1.54) is 0 Å². The van der Waals surface area contributed by atoms with Crippen molar-refractivity contribution >= 4 is 5.91 Å². The van der Waals surface area contributed by atoms with Gasteiger partial charge in [-0.1, -0.05) is 18.2 Å². The fourth-order valence-electron chi connectivity index (χ4n) is 2.66. The molecule has 0 saturated heterocycles. The van der Waals surface area contributed by atoms with Gasteiger partial charge in [-0.25, -0.2) is 0 Å². The lowest BCUT2D eigenvalue weighted by atomic mass is 9.89. The molecule has 110 valence electrons. The van der Waals surface area contributed by atoms with E-state index in [4.69, 9.17) is 4.74 Å². The number of benzene rings is 1. The number of ether oxygens (including phenoxy) is 1. The summed E-state index contributed by atoms with van der Waals surface area (Å²) in [5, 5.41) is 6.27. The first kappa shape index (κ1) is 14.9. The molecule has 1 aliphatic heterocycles. The van der Waals surface area contributed by atoms with Gasteiger partial charge < -0.3 is 10.1 Å². The topological polar surface area (TPSA) is 50.4 Å². The van der Waals surface area contributed by atoms with E-state index in [2.05, 4.69) is 30.5 Å². The quantitative estimate of drug-likeness (QED) is 0.888. The van der Waals surface area contributed by atoms with Crippen molar-refractivity contribution < 1.29 is 9.53 Å². The minimum absolute atomic E-state index is 0.0364. The molecule has 2 N–H and O–H groups in total. The van der Waals surface area contributed by atoms with Crippen molar-refractivity contribution in [3.63, 3.8) is 0 Å². The lowest BCUT2D eigenvalue weighted by Gasteiger charge is -2.38. The van der Waals surface area contributed by atoms with Gasteiger partial charge in [0.25, 0.3) is 0 Å². The van der Waals surface area contributed by atoms with E-state index in [9.17, 15) is 4.79 Å². The normalized spacial score (nSPS) is 21.5. The minimum Gasteiger partial charge on any atom is -0.487 e. The van der Waals surface area contributed by atoms with Crippen LogP contribution in [0.25, 0.3) is 0 Å². The van der Waals surface area contributed by atoms with Crippen LogP contribution < -0.4 is 15.4 Å². The molecule has 1 aromatic carbocycles. The summed E-state index contributed by atoms with van der Waals surface area (Å²) in [6.07, 6.45) is 0.841. The predicted octanol–water partition coefficient (Wildman–Crippen LogP) is 2.40. The Morgan fingerprint density at radius 3 is 2.85 bits per heavy atom. The van der Waals surface area contributed by atoms with E-state index in [1.54, 1.807) is 0 Å².